The van der Waals surface area contributed by atoms with Crippen molar-refractivity contribution in [1.82, 2.24) is 4.57 Å². The van der Waals surface area contributed by atoms with Crippen molar-refractivity contribution in [2.45, 2.75) is 12.8 Å². The summed E-state index contributed by atoms with van der Waals surface area (Å²) < 4.78 is 20.8. The number of hydrogen-bond donors (Lipinski definition) is 1. The van der Waals surface area contributed by atoms with Crippen molar-refractivity contribution in [3.05, 3.63) is 71.7 Å². The van der Waals surface area contributed by atoms with Gasteiger partial charge in [0.15, 0.2) is 0 Å². The fourth-order valence-corrected chi connectivity index (χ4v) is 2.94. The van der Waals surface area contributed by atoms with Gasteiger partial charge in [-0.1, -0.05) is 0 Å². The van der Waals surface area contributed by atoms with Gasteiger partial charge < -0.3 is 14.4 Å². The number of carbonyl (C=O) groups is 1. The Morgan fingerprint density at radius 3 is 2.56 bits per heavy atom. The monoisotopic (exact) mass is 364 g/mol. The summed E-state index contributed by atoms with van der Waals surface area (Å²) in [4.78, 5) is 11.0. The number of nitrogens with zero attached hydrogens (tertiary/aromatic N) is 2. The molecule has 0 unspecified atom stereocenters. The van der Waals surface area contributed by atoms with Gasteiger partial charge in [-0.2, -0.15) is 5.26 Å². The van der Waals surface area contributed by atoms with Crippen LogP contribution < -0.4 is 4.74 Å². The Morgan fingerprint density at radius 2 is 1.93 bits per heavy atom. The number of hydrogen-bond acceptors (Lipinski definition) is 3. The second kappa shape index (κ2) is 7.75. The van der Waals surface area contributed by atoms with Gasteiger partial charge in [0, 0.05) is 11.4 Å². The first-order valence-corrected chi connectivity index (χ1v) is 8.30. The minimum Gasteiger partial charge on any atom is -0.497 e. The van der Waals surface area contributed by atoms with Crippen LogP contribution in [0.25, 0.3) is 16.9 Å². The van der Waals surface area contributed by atoms with Gasteiger partial charge in [-0.25, -0.2) is 4.39 Å². The van der Waals surface area contributed by atoms with Crippen LogP contribution in [0.3, 0.4) is 0 Å². The van der Waals surface area contributed by atoms with E-state index in [1.807, 2.05) is 47.0 Å². The number of aryl methyl sites for hydroxylation is 1. The predicted octanol–water partition coefficient (Wildman–Crippen LogP) is 4.18. The molecule has 6 heteroatoms. The van der Waals surface area contributed by atoms with E-state index in [0.29, 0.717) is 12.1 Å². The Bertz CT molecular complexity index is 1020. The van der Waals surface area contributed by atoms with E-state index in [-0.39, 0.29) is 12.0 Å². The topological polar surface area (TPSA) is 75.2 Å². The van der Waals surface area contributed by atoms with E-state index >= 15 is 0 Å². The number of carboxylic acid groups (broad SMARTS) is 1. The lowest BCUT2D eigenvalue weighted by atomic mass is 10.1. The van der Waals surface area contributed by atoms with Crippen LogP contribution in [0.4, 0.5) is 4.39 Å². The smallest absolute Gasteiger partial charge is 0.303 e. The van der Waals surface area contributed by atoms with Gasteiger partial charge in [-0.15, -0.1) is 0 Å². The third-order valence-corrected chi connectivity index (χ3v) is 4.27. The Morgan fingerprint density at radius 1 is 1.19 bits per heavy atom. The van der Waals surface area contributed by atoms with Crippen LogP contribution in [0.5, 0.6) is 5.75 Å². The van der Waals surface area contributed by atoms with E-state index < -0.39 is 11.8 Å². The Kier molecular flexibility index (Phi) is 5.23. The molecule has 136 valence electrons. The number of aromatic nitrogens is 1. The summed E-state index contributed by atoms with van der Waals surface area (Å²) in [7, 11) is 1.59. The Hall–Kier alpha value is -3.59. The van der Waals surface area contributed by atoms with Crippen LogP contribution in [-0.2, 0) is 11.2 Å². The lowest BCUT2D eigenvalue weighted by Gasteiger charge is -2.14. The zero-order valence-corrected chi connectivity index (χ0v) is 14.6. The lowest BCUT2D eigenvalue weighted by molar-refractivity contribution is -0.136. The maximum atomic E-state index is 13.7. The van der Waals surface area contributed by atoms with Crippen LogP contribution in [0, 0.1) is 17.1 Å². The zero-order valence-electron chi connectivity index (χ0n) is 14.6. The average Bonchev–Trinajstić information content (AvgIpc) is 3.10. The molecule has 5 nitrogen and oxygen atoms in total. The molecule has 0 saturated heterocycles. The van der Waals surface area contributed by atoms with Crippen LogP contribution >= 0.6 is 0 Å². The van der Waals surface area contributed by atoms with Gasteiger partial charge in [0.2, 0.25) is 0 Å². The van der Waals surface area contributed by atoms with E-state index in [1.165, 1.54) is 12.1 Å². The molecule has 2 aromatic carbocycles. The van der Waals surface area contributed by atoms with Crippen molar-refractivity contribution < 1.29 is 19.0 Å². The second-order valence-corrected chi connectivity index (χ2v) is 5.94. The quantitative estimate of drug-likeness (QED) is 0.712. The predicted molar refractivity (Wildman–Crippen MR) is 98.4 cm³/mol. The maximum Gasteiger partial charge on any atom is 0.303 e. The summed E-state index contributed by atoms with van der Waals surface area (Å²) >= 11 is 0. The molecular formula is C21H17FN2O3. The fourth-order valence-electron chi connectivity index (χ4n) is 2.94. The molecule has 0 aliphatic carbocycles. The SMILES string of the molecule is COc1ccc(-c2ccc(CCC(=O)O)n2-c2ccc(F)c(C#N)c2)cc1. The molecule has 0 aliphatic heterocycles. The average molecular weight is 364 g/mol. The highest BCUT2D eigenvalue weighted by atomic mass is 19.1. The van der Waals surface area contributed by atoms with Crippen molar-refractivity contribution in [3.63, 3.8) is 0 Å². The number of carboxylic acids is 1. The fraction of sp³-hybridized carbons (Fsp3) is 0.143. The van der Waals surface area contributed by atoms with Gasteiger partial charge in [0.05, 0.1) is 24.8 Å². The first kappa shape index (κ1) is 18.2. The summed E-state index contributed by atoms with van der Waals surface area (Å²) in [6.45, 7) is 0. The highest BCUT2D eigenvalue weighted by Gasteiger charge is 2.15. The Labute approximate surface area is 155 Å². The molecular weight excluding hydrogens is 347 g/mol. The summed E-state index contributed by atoms with van der Waals surface area (Å²) in [5, 5.41) is 18.2. The van der Waals surface area contributed by atoms with Crippen LogP contribution in [-0.4, -0.2) is 22.8 Å². The third kappa shape index (κ3) is 3.82. The van der Waals surface area contributed by atoms with Crippen LogP contribution in [0.1, 0.15) is 17.7 Å². The molecule has 3 aromatic rings. The van der Waals surface area contributed by atoms with Crippen LogP contribution in [0.15, 0.2) is 54.6 Å². The number of halogens is 1. The van der Waals surface area contributed by atoms with E-state index in [2.05, 4.69) is 0 Å². The number of nitriles is 1. The largest absolute Gasteiger partial charge is 0.497 e. The van der Waals surface area contributed by atoms with E-state index in [0.717, 1.165) is 22.7 Å². The molecule has 0 amide bonds. The Balaban J connectivity index is 2.14. The molecule has 1 aromatic heterocycles. The van der Waals surface area contributed by atoms with Crippen molar-refractivity contribution in [1.29, 1.82) is 5.26 Å². The third-order valence-electron chi connectivity index (χ3n) is 4.27. The zero-order chi connectivity index (χ0) is 19.4. The van der Waals surface area contributed by atoms with Gasteiger partial charge in [0.25, 0.3) is 0 Å². The normalized spacial score (nSPS) is 10.4. The second-order valence-electron chi connectivity index (χ2n) is 5.94. The molecule has 0 saturated carbocycles. The van der Waals surface area contributed by atoms with Crippen molar-refractivity contribution in [2.75, 3.05) is 7.11 Å². The maximum absolute atomic E-state index is 13.7. The lowest BCUT2D eigenvalue weighted by Crippen LogP contribution is -2.06. The summed E-state index contributed by atoms with van der Waals surface area (Å²) in [5.74, 6) is -0.770. The molecule has 0 spiro atoms. The van der Waals surface area contributed by atoms with E-state index in [9.17, 15) is 9.18 Å². The van der Waals surface area contributed by atoms with Crippen molar-refractivity contribution in [3.8, 4) is 28.8 Å². The molecule has 0 radical (unpaired) electrons. The number of ether oxygens (including phenoxy) is 1. The van der Waals surface area contributed by atoms with Gasteiger partial charge in [-0.05, 0) is 66.6 Å². The minimum absolute atomic E-state index is 0.0294. The number of rotatable bonds is 6. The highest BCUT2D eigenvalue weighted by Crippen LogP contribution is 2.29. The molecule has 0 bridgehead atoms. The van der Waals surface area contributed by atoms with Gasteiger partial charge in [-0.3, -0.25) is 4.79 Å². The van der Waals surface area contributed by atoms with E-state index in [4.69, 9.17) is 15.1 Å². The molecule has 0 aliphatic rings. The van der Waals surface area contributed by atoms with Gasteiger partial charge in [0.1, 0.15) is 17.6 Å². The molecule has 27 heavy (non-hydrogen) atoms. The highest BCUT2D eigenvalue weighted by molar-refractivity contribution is 5.68. The molecule has 1 heterocycles. The minimum atomic E-state index is -0.898. The summed E-state index contributed by atoms with van der Waals surface area (Å²) in [6, 6.07) is 17.3. The molecule has 3 rings (SSSR count). The first-order chi connectivity index (χ1) is 13.0. The number of benzene rings is 2. The standard InChI is InChI=1S/C21H17FN2O3/c1-27-18-7-2-14(3-8-18)20-10-5-16(6-11-21(25)26)24(20)17-4-9-19(22)15(12-17)13-23/h2-5,7-10,12H,6,11H2,1H3,(H,25,26). The summed E-state index contributed by atoms with van der Waals surface area (Å²) in [6.07, 6.45) is 0.281. The molecule has 0 fully saturated rings. The van der Waals surface area contributed by atoms with Crippen LogP contribution in [0.2, 0.25) is 0 Å². The molecule has 1 N–H and O–H groups in total. The first-order valence-electron chi connectivity index (χ1n) is 8.30. The summed E-state index contributed by atoms with van der Waals surface area (Å²) in [5.41, 5.74) is 3.00. The van der Waals surface area contributed by atoms with Gasteiger partial charge >= 0.3 is 5.97 Å². The molecule has 0 atom stereocenters. The van der Waals surface area contributed by atoms with E-state index in [1.54, 1.807) is 13.2 Å². The van der Waals surface area contributed by atoms with Crippen molar-refractivity contribution in [2.24, 2.45) is 0 Å². The van der Waals surface area contributed by atoms with Crippen molar-refractivity contribution >= 4 is 5.97 Å². The number of methoxy groups -OCH3 is 1. The number of aliphatic carboxylic acids is 1.